The Bertz CT molecular complexity index is 979. The van der Waals surface area contributed by atoms with E-state index < -0.39 is 11.6 Å². The molecule has 0 fully saturated rings. The lowest BCUT2D eigenvalue weighted by Crippen LogP contribution is -2.15. The van der Waals surface area contributed by atoms with Crippen LogP contribution in [0.25, 0.3) is 5.69 Å². The van der Waals surface area contributed by atoms with E-state index >= 15 is 0 Å². The van der Waals surface area contributed by atoms with Gasteiger partial charge in [-0.05, 0) is 38.1 Å². The molecule has 0 radical (unpaired) electrons. The van der Waals surface area contributed by atoms with Gasteiger partial charge in [-0.3, -0.25) is 9.78 Å². The van der Waals surface area contributed by atoms with Crippen molar-refractivity contribution in [1.29, 1.82) is 0 Å². The van der Waals surface area contributed by atoms with Gasteiger partial charge < -0.3 is 14.8 Å². The largest absolute Gasteiger partial charge is 0.490 e. The number of rotatable bonds is 7. The fourth-order valence-electron chi connectivity index (χ4n) is 2.49. The third kappa shape index (κ3) is 4.17. The van der Waals surface area contributed by atoms with E-state index in [-0.39, 0.29) is 5.82 Å². The first-order valence-corrected chi connectivity index (χ1v) is 8.58. The summed E-state index contributed by atoms with van der Waals surface area (Å²) >= 11 is 0. The van der Waals surface area contributed by atoms with Crippen LogP contribution in [-0.4, -0.2) is 33.9 Å². The number of carbonyl (C=O) groups excluding carboxylic acids is 1. The number of anilines is 1. The van der Waals surface area contributed by atoms with Gasteiger partial charge in [-0.1, -0.05) is 18.2 Å². The molecule has 0 atom stereocenters. The Kier molecular flexibility index (Phi) is 5.55. The number of aromatic amines is 1. The molecule has 0 saturated heterocycles. The van der Waals surface area contributed by atoms with Gasteiger partial charge in [-0.2, -0.15) is 4.68 Å². The first-order valence-electron chi connectivity index (χ1n) is 8.58. The SMILES string of the molecule is CCOc1ccc(NC(=O)c2nn(-c3ccccc3)c(=O)[nH]2)cc1OCC. The lowest BCUT2D eigenvalue weighted by Gasteiger charge is -2.12. The number of nitrogens with one attached hydrogen (secondary N) is 2. The number of amides is 1. The Labute approximate surface area is 155 Å². The van der Waals surface area contributed by atoms with Gasteiger partial charge in [0.1, 0.15) is 0 Å². The molecule has 0 aliphatic rings. The van der Waals surface area contributed by atoms with E-state index in [1.165, 1.54) is 0 Å². The van der Waals surface area contributed by atoms with Gasteiger partial charge in [-0.15, -0.1) is 5.10 Å². The molecule has 8 heteroatoms. The van der Waals surface area contributed by atoms with Gasteiger partial charge in [0.05, 0.1) is 18.9 Å². The lowest BCUT2D eigenvalue weighted by molar-refractivity contribution is 0.101. The smallest absolute Gasteiger partial charge is 0.348 e. The summed E-state index contributed by atoms with van der Waals surface area (Å²) in [5.74, 6) is 0.503. The van der Waals surface area contributed by atoms with Crippen LogP contribution in [0.4, 0.5) is 5.69 Å². The van der Waals surface area contributed by atoms with Crippen molar-refractivity contribution in [2.24, 2.45) is 0 Å². The van der Waals surface area contributed by atoms with Crippen LogP contribution in [-0.2, 0) is 0 Å². The molecule has 0 bridgehead atoms. The second-order valence-electron chi connectivity index (χ2n) is 5.51. The molecule has 8 nitrogen and oxygen atoms in total. The maximum atomic E-state index is 12.5. The number of para-hydroxylation sites is 1. The van der Waals surface area contributed by atoms with Crippen LogP contribution in [0.2, 0.25) is 0 Å². The molecule has 0 saturated carbocycles. The number of aromatic nitrogens is 3. The summed E-state index contributed by atoms with van der Waals surface area (Å²) < 4.78 is 12.2. The number of H-pyrrole nitrogens is 1. The van der Waals surface area contributed by atoms with Crippen molar-refractivity contribution in [1.82, 2.24) is 14.8 Å². The van der Waals surface area contributed by atoms with Crippen molar-refractivity contribution in [3.05, 3.63) is 64.8 Å². The van der Waals surface area contributed by atoms with Crippen LogP contribution in [0.15, 0.2) is 53.3 Å². The molecule has 3 rings (SSSR count). The zero-order valence-electron chi connectivity index (χ0n) is 15.1. The molecule has 0 aliphatic carbocycles. The van der Waals surface area contributed by atoms with E-state index in [9.17, 15) is 9.59 Å². The minimum atomic E-state index is -0.534. The van der Waals surface area contributed by atoms with Crippen molar-refractivity contribution in [3.63, 3.8) is 0 Å². The van der Waals surface area contributed by atoms with Crippen LogP contribution in [0.3, 0.4) is 0 Å². The Morgan fingerprint density at radius 1 is 1.07 bits per heavy atom. The number of hydrogen-bond acceptors (Lipinski definition) is 5. The zero-order chi connectivity index (χ0) is 19.2. The molecule has 0 aliphatic heterocycles. The van der Waals surface area contributed by atoms with Crippen molar-refractivity contribution in [3.8, 4) is 17.2 Å². The van der Waals surface area contributed by atoms with Crippen LogP contribution in [0, 0.1) is 0 Å². The average Bonchev–Trinajstić information content (AvgIpc) is 3.07. The van der Waals surface area contributed by atoms with Crippen LogP contribution >= 0.6 is 0 Å². The van der Waals surface area contributed by atoms with Crippen molar-refractivity contribution in [2.45, 2.75) is 13.8 Å². The molecule has 2 aromatic carbocycles. The molecule has 2 N–H and O–H groups in total. The monoisotopic (exact) mass is 368 g/mol. The number of nitrogens with zero attached hydrogens (tertiary/aromatic N) is 2. The van der Waals surface area contributed by atoms with Gasteiger partial charge in [0, 0.05) is 11.8 Å². The summed E-state index contributed by atoms with van der Waals surface area (Å²) in [5, 5.41) is 6.76. The Hall–Kier alpha value is -3.55. The number of ether oxygens (including phenoxy) is 2. The number of benzene rings is 2. The van der Waals surface area contributed by atoms with E-state index in [0.29, 0.717) is 36.1 Å². The molecule has 27 heavy (non-hydrogen) atoms. The number of hydrogen-bond donors (Lipinski definition) is 2. The Morgan fingerprint density at radius 2 is 1.78 bits per heavy atom. The fourth-order valence-corrected chi connectivity index (χ4v) is 2.49. The Morgan fingerprint density at radius 3 is 2.48 bits per heavy atom. The highest BCUT2D eigenvalue weighted by molar-refractivity contribution is 6.01. The van der Waals surface area contributed by atoms with E-state index in [0.717, 1.165) is 4.68 Å². The highest BCUT2D eigenvalue weighted by Crippen LogP contribution is 2.30. The van der Waals surface area contributed by atoms with Crippen LogP contribution in [0.5, 0.6) is 11.5 Å². The van der Waals surface area contributed by atoms with Crippen LogP contribution < -0.4 is 20.5 Å². The molecule has 1 heterocycles. The third-order valence-electron chi connectivity index (χ3n) is 3.63. The summed E-state index contributed by atoms with van der Waals surface area (Å²) in [6, 6.07) is 13.9. The Balaban J connectivity index is 1.82. The molecule has 1 aromatic heterocycles. The standard InChI is InChI=1S/C19H20N4O4/c1-3-26-15-11-10-13(12-16(15)27-4-2)20-18(24)17-21-19(25)23(22-17)14-8-6-5-7-9-14/h5-12H,3-4H2,1-2H3,(H,20,24)(H,21,22,25). The summed E-state index contributed by atoms with van der Waals surface area (Å²) in [4.78, 5) is 27.0. The maximum Gasteiger partial charge on any atom is 0.348 e. The molecule has 3 aromatic rings. The van der Waals surface area contributed by atoms with E-state index in [1.807, 2.05) is 19.9 Å². The van der Waals surface area contributed by atoms with E-state index in [4.69, 9.17) is 9.47 Å². The second-order valence-corrected chi connectivity index (χ2v) is 5.51. The molecule has 140 valence electrons. The van der Waals surface area contributed by atoms with Crippen molar-refractivity contribution in [2.75, 3.05) is 18.5 Å². The average molecular weight is 368 g/mol. The summed E-state index contributed by atoms with van der Waals surface area (Å²) in [6.07, 6.45) is 0. The fraction of sp³-hybridized carbons (Fsp3) is 0.211. The predicted octanol–water partition coefficient (Wildman–Crippen LogP) is 2.61. The highest BCUT2D eigenvalue weighted by atomic mass is 16.5. The predicted molar refractivity (Wildman–Crippen MR) is 101 cm³/mol. The topological polar surface area (TPSA) is 98.2 Å². The quantitative estimate of drug-likeness (QED) is 0.668. The molecule has 1 amide bonds. The molecular weight excluding hydrogens is 348 g/mol. The van der Waals surface area contributed by atoms with Gasteiger partial charge in [-0.25, -0.2) is 4.79 Å². The second kappa shape index (κ2) is 8.22. The summed E-state index contributed by atoms with van der Waals surface area (Å²) in [7, 11) is 0. The summed E-state index contributed by atoms with van der Waals surface area (Å²) in [6.45, 7) is 4.71. The number of carbonyl (C=O) groups is 1. The highest BCUT2D eigenvalue weighted by Gasteiger charge is 2.15. The zero-order valence-corrected chi connectivity index (χ0v) is 15.1. The van der Waals surface area contributed by atoms with Gasteiger partial charge in [0.25, 0.3) is 5.91 Å². The van der Waals surface area contributed by atoms with Gasteiger partial charge in [0.2, 0.25) is 5.82 Å². The lowest BCUT2D eigenvalue weighted by atomic mass is 10.2. The molecule has 0 spiro atoms. The maximum absolute atomic E-state index is 12.5. The van der Waals surface area contributed by atoms with Gasteiger partial charge in [0.15, 0.2) is 11.5 Å². The minimum absolute atomic E-state index is 0.0873. The molecule has 0 unspecified atom stereocenters. The van der Waals surface area contributed by atoms with Crippen LogP contribution in [0.1, 0.15) is 24.5 Å². The summed E-state index contributed by atoms with van der Waals surface area (Å²) in [5.41, 5.74) is 0.576. The van der Waals surface area contributed by atoms with Crippen molar-refractivity contribution < 1.29 is 14.3 Å². The van der Waals surface area contributed by atoms with E-state index in [1.54, 1.807) is 42.5 Å². The van der Waals surface area contributed by atoms with E-state index in [2.05, 4.69) is 15.4 Å². The molecular formula is C19H20N4O4. The van der Waals surface area contributed by atoms with Crippen molar-refractivity contribution >= 4 is 11.6 Å². The third-order valence-corrected chi connectivity index (χ3v) is 3.63. The minimum Gasteiger partial charge on any atom is -0.490 e. The normalized spacial score (nSPS) is 10.4. The van der Waals surface area contributed by atoms with Gasteiger partial charge >= 0.3 is 5.69 Å². The first-order chi connectivity index (χ1) is 13.1. The first kappa shape index (κ1) is 18.2.